The fourth-order valence-corrected chi connectivity index (χ4v) is 3.36. The van der Waals surface area contributed by atoms with Crippen molar-refractivity contribution in [3.05, 3.63) is 60.2 Å². The summed E-state index contributed by atoms with van der Waals surface area (Å²) >= 11 is 0. The smallest absolute Gasteiger partial charge is 0.338 e. The molecule has 0 bridgehead atoms. The number of carbonyl (C=O) groups is 2. The number of sulfone groups is 1. The minimum atomic E-state index is -3.49. The fraction of sp³-hybridized carbons (Fsp3) is 0.222. The first-order valence-corrected chi connectivity index (χ1v) is 9.42. The Labute approximate surface area is 146 Å². The maximum atomic E-state index is 12.1. The molecular weight excluding hydrogens is 342 g/mol. The van der Waals surface area contributed by atoms with Gasteiger partial charge < -0.3 is 10.1 Å². The molecule has 6 nitrogen and oxygen atoms in total. The Hall–Kier alpha value is -2.67. The number of ether oxygens (including phenoxy) is 1. The van der Waals surface area contributed by atoms with Crippen LogP contribution in [0, 0.1) is 0 Å². The summed E-state index contributed by atoms with van der Waals surface area (Å²) < 4.78 is 29.2. The Morgan fingerprint density at radius 2 is 1.64 bits per heavy atom. The first-order valence-electron chi connectivity index (χ1n) is 7.77. The lowest BCUT2D eigenvalue weighted by molar-refractivity contribution is -0.115. The number of esters is 1. The van der Waals surface area contributed by atoms with Crippen LogP contribution in [0.25, 0.3) is 0 Å². The van der Waals surface area contributed by atoms with Crippen LogP contribution in [0.4, 0.5) is 5.69 Å². The van der Waals surface area contributed by atoms with E-state index in [9.17, 15) is 18.0 Å². The predicted molar refractivity (Wildman–Crippen MR) is 94.1 cm³/mol. The van der Waals surface area contributed by atoms with Gasteiger partial charge in [-0.3, -0.25) is 4.79 Å². The lowest BCUT2D eigenvalue weighted by Crippen LogP contribution is -2.17. The first kappa shape index (κ1) is 18.7. The molecule has 0 unspecified atom stereocenters. The Kier molecular flexibility index (Phi) is 6.30. The molecule has 0 aliphatic carbocycles. The molecule has 0 heterocycles. The van der Waals surface area contributed by atoms with E-state index in [1.807, 2.05) is 0 Å². The molecule has 0 aromatic heterocycles. The van der Waals surface area contributed by atoms with Gasteiger partial charge >= 0.3 is 5.97 Å². The zero-order valence-electron chi connectivity index (χ0n) is 13.8. The second kappa shape index (κ2) is 8.43. The van der Waals surface area contributed by atoms with E-state index in [0.29, 0.717) is 11.3 Å². The van der Waals surface area contributed by atoms with Crippen molar-refractivity contribution >= 4 is 27.4 Å². The van der Waals surface area contributed by atoms with E-state index >= 15 is 0 Å². The average Bonchev–Trinajstić information content (AvgIpc) is 2.62. The van der Waals surface area contributed by atoms with Crippen molar-refractivity contribution in [1.82, 2.24) is 0 Å². The Bertz CT molecular complexity index is 830. The molecule has 2 rings (SSSR count). The van der Waals surface area contributed by atoms with Crippen LogP contribution >= 0.6 is 0 Å². The fourth-order valence-electron chi connectivity index (χ4n) is 2.10. The normalized spacial score (nSPS) is 10.9. The molecule has 0 saturated carbocycles. The van der Waals surface area contributed by atoms with Crippen LogP contribution in [0.15, 0.2) is 59.5 Å². The van der Waals surface area contributed by atoms with Gasteiger partial charge in [0.15, 0.2) is 9.84 Å². The summed E-state index contributed by atoms with van der Waals surface area (Å²) in [4.78, 5) is 23.7. The second-order valence-corrected chi connectivity index (χ2v) is 7.34. The van der Waals surface area contributed by atoms with Crippen molar-refractivity contribution in [1.29, 1.82) is 0 Å². The van der Waals surface area contributed by atoms with Gasteiger partial charge in [0, 0.05) is 12.1 Å². The molecule has 132 valence electrons. The summed E-state index contributed by atoms with van der Waals surface area (Å²) in [5.74, 6) is -1.12. The molecule has 2 aromatic rings. The Balaban J connectivity index is 1.91. The molecule has 2 aromatic carbocycles. The van der Waals surface area contributed by atoms with Gasteiger partial charge in [-0.05, 0) is 43.3 Å². The topological polar surface area (TPSA) is 89.5 Å². The predicted octanol–water partition coefficient (Wildman–Crippen LogP) is 2.67. The second-order valence-electron chi connectivity index (χ2n) is 5.23. The maximum absolute atomic E-state index is 12.1. The molecule has 0 aliphatic rings. The van der Waals surface area contributed by atoms with Crippen LogP contribution in [0.3, 0.4) is 0 Å². The van der Waals surface area contributed by atoms with Crippen LogP contribution in [0.1, 0.15) is 23.7 Å². The lowest BCUT2D eigenvalue weighted by atomic mass is 10.2. The van der Waals surface area contributed by atoms with Gasteiger partial charge in [0.2, 0.25) is 5.91 Å². The molecule has 0 saturated heterocycles. The number of benzene rings is 2. The van der Waals surface area contributed by atoms with Gasteiger partial charge in [0.1, 0.15) is 0 Å². The summed E-state index contributed by atoms with van der Waals surface area (Å²) in [7, 11) is -3.49. The Morgan fingerprint density at radius 1 is 1.00 bits per heavy atom. The van der Waals surface area contributed by atoms with Crippen LogP contribution in [-0.2, 0) is 19.4 Å². The largest absolute Gasteiger partial charge is 0.462 e. The summed E-state index contributed by atoms with van der Waals surface area (Å²) in [6.45, 7) is 2.00. The summed E-state index contributed by atoms with van der Waals surface area (Å²) in [5, 5.41) is 2.61. The van der Waals surface area contributed by atoms with Crippen molar-refractivity contribution in [3.8, 4) is 0 Å². The van der Waals surface area contributed by atoms with Gasteiger partial charge in [0.05, 0.1) is 22.8 Å². The average molecular weight is 361 g/mol. The Morgan fingerprint density at radius 3 is 2.24 bits per heavy atom. The maximum Gasteiger partial charge on any atom is 0.338 e. The van der Waals surface area contributed by atoms with Crippen molar-refractivity contribution in [2.45, 2.75) is 18.2 Å². The molecule has 25 heavy (non-hydrogen) atoms. The van der Waals surface area contributed by atoms with E-state index < -0.39 is 21.7 Å². The monoisotopic (exact) mass is 361 g/mol. The van der Waals surface area contributed by atoms with Crippen molar-refractivity contribution in [2.75, 3.05) is 17.7 Å². The van der Waals surface area contributed by atoms with Gasteiger partial charge in [-0.2, -0.15) is 0 Å². The highest BCUT2D eigenvalue weighted by Gasteiger charge is 2.16. The molecular formula is C18H19NO5S. The molecule has 1 amide bonds. The van der Waals surface area contributed by atoms with E-state index in [1.54, 1.807) is 37.3 Å². The highest BCUT2D eigenvalue weighted by molar-refractivity contribution is 7.91. The standard InChI is InChI=1S/C18H19NO5S/c1-2-24-18(21)14-8-10-15(11-9-14)19-17(20)12-13-25(22,23)16-6-4-3-5-7-16/h3-11H,2,12-13H2,1H3,(H,19,20). The minimum absolute atomic E-state index is 0.156. The molecule has 0 spiro atoms. The van der Waals surface area contributed by atoms with E-state index in [-0.39, 0.29) is 23.7 Å². The van der Waals surface area contributed by atoms with Crippen LogP contribution in [0.2, 0.25) is 0 Å². The zero-order chi connectivity index (χ0) is 18.3. The summed E-state index contributed by atoms with van der Waals surface area (Å²) in [6.07, 6.45) is -0.156. The van der Waals surface area contributed by atoms with Gasteiger partial charge in [-0.15, -0.1) is 0 Å². The number of hydrogen-bond donors (Lipinski definition) is 1. The van der Waals surface area contributed by atoms with Crippen LogP contribution in [-0.4, -0.2) is 32.7 Å². The van der Waals surface area contributed by atoms with Crippen molar-refractivity contribution in [3.63, 3.8) is 0 Å². The number of nitrogens with one attached hydrogen (secondary N) is 1. The molecule has 0 radical (unpaired) electrons. The van der Waals surface area contributed by atoms with Crippen molar-refractivity contribution < 1.29 is 22.7 Å². The number of carbonyl (C=O) groups excluding carboxylic acids is 2. The first-order chi connectivity index (χ1) is 11.9. The third-order valence-electron chi connectivity index (χ3n) is 3.38. The van der Waals surface area contributed by atoms with Crippen LogP contribution in [0.5, 0.6) is 0 Å². The number of anilines is 1. The van der Waals surface area contributed by atoms with Crippen LogP contribution < -0.4 is 5.32 Å². The lowest BCUT2D eigenvalue weighted by Gasteiger charge is -2.07. The third-order valence-corrected chi connectivity index (χ3v) is 5.11. The van der Waals surface area contributed by atoms with E-state index in [2.05, 4.69) is 5.32 Å². The molecule has 0 atom stereocenters. The highest BCUT2D eigenvalue weighted by Crippen LogP contribution is 2.13. The van der Waals surface area contributed by atoms with E-state index in [1.165, 1.54) is 24.3 Å². The van der Waals surface area contributed by atoms with Crippen molar-refractivity contribution in [2.24, 2.45) is 0 Å². The molecule has 0 aliphatic heterocycles. The molecule has 7 heteroatoms. The SMILES string of the molecule is CCOC(=O)c1ccc(NC(=O)CCS(=O)(=O)c2ccccc2)cc1. The van der Waals surface area contributed by atoms with E-state index in [0.717, 1.165) is 0 Å². The van der Waals surface area contributed by atoms with Gasteiger partial charge in [0.25, 0.3) is 0 Å². The number of rotatable bonds is 7. The summed E-state index contributed by atoms with van der Waals surface area (Å²) in [6, 6.07) is 14.2. The van der Waals surface area contributed by atoms with Gasteiger partial charge in [-0.1, -0.05) is 18.2 Å². The number of hydrogen-bond acceptors (Lipinski definition) is 5. The third kappa shape index (κ3) is 5.42. The molecule has 1 N–H and O–H groups in total. The highest BCUT2D eigenvalue weighted by atomic mass is 32.2. The zero-order valence-corrected chi connectivity index (χ0v) is 14.6. The molecule has 0 fully saturated rings. The number of amides is 1. The van der Waals surface area contributed by atoms with Gasteiger partial charge in [-0.25, -0.2) is 13.2 Å². The minimum Gasteiger partial charge on any atom is -0.462 e. The quantitative estimate of drug-likeness (QED) is 0.766. The van der Waals surface area contributed by atoms with E-state index in [4.69, 9.17) is 4.74 Å². The summed E-state index contributed by atoms with van der Waals surface area (Å²) in [5.41, 5.74) is 0.863.